The van der Waals surface area contributed by atoms with Crippen LogP contribution in [0.15, 0.2) is 24.4 Å². The van der Waals surface area contributed by atoms with Crippen LogP contribution in [0.1, 0.15) is 20.3 Å². The summed E-state index contributed by atoms with van der Waals surface area (Å²) in [6.45, 7) is 5.79. The monoisotopic (exact) mass is 258 g/mol. The van der Waals surface area contributed by atoms with E-state index in [1.54, 1.807) is 0 Å². The average molecular weight is 258 g/mol. The van der Waals surface area contributed by atoms with Crippen LogP contribution in [0.3, 0.4) is 0 Å². The number of hydrogen-bond donors (Lipinski definition) is 2. The summed E-state index contributed by atoms with van der Waals surface area (Å²) in [6, 6.07) is 7.60. The van der Waals surface area contributed by atoms with E-state index in [9.17, 15) is 0 Å². The molecule has 1 fully saturated rings. The van der Waals surface area contributed by atoms with E-state index in [0.717, 1.165) is 17.4 Å². The molecule has 19 heavy (non-hydrogen) atoms. The summed E-state index contributed by atoms with van der Waals surface area (Å²) in [4.78, 5) is 2.45. The molecule has 102 valence electrons. The number of piperidine rings is 1. The first kappa shape index (κ1) is 12.5. The molecular weight excluding hydrogens is 236 g/mol. The minimum Gasteiger partial charge on any atom is -0.382 e. The normalized spacial score (nSPS) is 28.7. The molecule has 0 radical (unpaired) electrons. The quantitative estimate of drug-likeness (QED) is 0.870. The van der Waals surface area contributed by atoms with E-state index in [1.807, 2.05) is 6.20 Å². The lowest BCUT2D eigenvalue weighted by Crippen LogP contribution is -2.48. The zero-order chi connectivity index (χ0) is 13.4. The van der Waals surface area contributed by atoms with Gasteiger partial charge in [-0.3, -0.25) is 5.10 Å². The van der Waals surface area contributed by atoms with Gasteiger partial charge in [0.15, 0.2) is 0 Å². The molecule has 2 heterocycles. The van der Waals surface area contributed by atoms with Crippen LogP contribution in [0, 0.1) is 5.92 Å². The molecule has 0 spiro atoms. The van der Waals surface area contributed by atoms with Gasteiger partial charge in [0.05, 0.1) is 11.7 Å². The predicted molar refractivity (Wildman–Crippen MR) is 79.4 cm³/mol. The molecule has 1 saturated heterocycles. The molecule has 3 atom stereocenters. The Morgan fingerprint density at radius 3 is 3.05 bits per heavy atom. The number of rotatable bonds is 2. The van der Waals surface area contributed by atoms with Crippen molar-refractivity contribution >= 4 is 16.6 Å². The van der Waals surface area contributed by atoms with Gasteiger partial charge < -0.3 is 10.2 Å². The Kier molecular flexibility index (Phi) is 3.19. The molecule has 0 amide bonds. The first-order chi connectivity index (χ1) is 9.13. The molecular formula is C15H22N4. The Bertz CT molecular complexity index is 562. The van der Waals surface area contributed by atoms with E-state index in [1.165, 1.54) is 12.1 Å². The number of benzene rings is 1. The molecule has 0 saturated carbocycles. The van der Waals surface area contributed by atoms with Crippen LogP contribution in [0.4, 0.5) is 5.69 Å². The summed E-state index contributed by atoms with van der Waals surface area (Å²) in [5.74, 6) is 0.665. The van der Waals surface area contributed by atoms with Crippen molar-refractivity contribution in [3.63, 3.8) is 0 Å². The molecule has 3 rings (SSSR count). The van der Waals surface area contributed by atoms with Crippen LogP contribution < -0.4 is 5.32 Å². The number of nitrogens with one attached hydrogen (secondary N) is 2. The van der Waals surface area contributed by atoms with Gasteiger partial charge >= 0.3 is 0 Å². The second kappa shape index (κ2) is 4.85. The first-order valence-electron chi connectivity index (χ1n) is 7.03. The van der Waals surface area contributed by atoms with Crippen LogP contribution in [-0.2, 0) is 0 Å². The summed E-state index contributed by atoms with van der Waals surface area (Å²) in [6.07, 6.45) is 3.05. The lowest BCUT2D eigenvalue weighted by Gasteiger charge is -2.40. The van der Waals surface area contributed by atoms with Gasteiger partial charge in [0.25, 0.3) is 0 Å². The van der Waals surface area contributed by atoms with E-state index in [0.29, 0.717) is 18.0 Å². The zero-order valence-corrected chi connectivity index (χ0v) is 11.9. The fraction of sp³-hybridized carbons (Fsp3) is 0.533. The van der Waals surface area contributed by atoms with Gasteiger partial charge in [-0.05, 0) is 44.5 Å². The van der Waals surface area contributed by atoms with E-state index in [4.69, 9.17) is 0 Å². The van der Waals surface area contributed by atoms with E-state index < -0.39 is 0 Å². The summed E-state index contributed by atoms with van der Waals surface area (Å²) >= 11 is 0. The number of H-pyrrole nitrogens is 1. The lowest BCUT2D eigenvalue weighted by atomic mass is 9.89. The van der Waals surface area contributed by atoms with Crippen molar-refractivity contribution in [2.45, 2.75) is 32.4 Å². The smallest absolute Gasteiger partial charge is 0.0670 e. The third kappa shape index (κ3) is 2.45. The molecule has 1 aliphatic heterocycles. The van der Waals surface area contributed by atoms with Crippen molar-refractivity contribution in [3.05, 3.63) is 24.4 Å². The summed E-state index contributed by atoms with van der Waals surface area (Å²) in [5.41, 5.74) is 2.28. The zero-order valence-electron chi connectivity index (χ0n) is 11.9. The second-order valence-corrected chi connectivity index (χ2v) is 5.92. The van der Waals surface area contributed by atoms with Gasteiger partial charge in [0, 0.05) is 29.7 Å². The van der Waals surface area contributed by atoms with Crippen molar-refractivity contribution in [3.8, 4) is 0 Å². The number of hydrogen-bond acceptors (Lipinski definition) is 3. The maximum absolute atomic E-state index is 4.07. The number of nitrogens with zero attached hydrogens (tertiary/aromatic N) is 2. The fourth-order valence-electron chi connectivity index (χ4n) is 2.98. The van der Waals surface area contributed by atoms with Crippen molar-refractivity contribution in [1.82, 2.24) is 15.1 Å². The molecule has 0 aliphatic carbocycles. The minimum absolute atomic E-state index is 0.548. The summed E-state index contributed by atoms with van der Waals surface area (Å²) in [5, 5.41) is 11.9. The predicted octanol–water partition coefficient (Wildman–Crippen LogP) is 2.70. The molecule has 1 aliphatic rings. The second-order valence-electron chi connectivity index (χ2n) is 5.92. The molecule has 1 aromatic carbocycles. The van der Waals surface area contributed by atoms with Crippen LogP contribution in [0.2, 0.25) is 0 Å². The van der Waals surface area contributed by atoms with Crippen LogP contribution in [0.25, 0.3) is 10.9 Å². The van der Waals surface area contributed by atoms with Crippen LogP contribution in [0.5, 0.6) is 0 Å². The van der Waals surface area contributed by atoms with Crippen LogP contribution in [-0.4, -0.2) is 40.8 Å². The molecule has 1 aromatic heterocycles. The molecule has 4 heteroatoms. The third-order valence-electron chi connectivity index (χ3n) is 4.40. The summed E-state index contributed by atoms with van der Waals surface area (Å²) < 4.78 is 0. The summed E-state index contributed by atoms with van der Waals surface area (Å²) in [7, 11) is 2.22. The highest BCUT2D eigenvalue weighted by Gasteiger charge is 2.28. The number of aromatic amines is 1. The van der Waals surface area contributed by atoms with Crippen molar-refractivity contribution in [1.29, 1.82) is 0 Å². The van der Waals surface area contributed by atoms with Gasteiger partial charge in [-0.2, -0.15) is 5.10 Å². The highest BCUT2D eigenvalue weighted by atomic mass is 15.2. The lowest BCUT2D eigenvalue weighted by molar-refractivity contribution is 0.145. The number of likely N-dealkylation sites (tertiary alicyclic amines) is 1. The molecule has 4 nitrogen and oxygen atoms in total. The SMILES string of the molecule is CC1CN(C)C(C)CC1Nc1ccc2cn[nH]c2c1. The maximum Gasteiger partial charge on any atom is 0.0670 e. The first-order valence-corrected chi connectivity index (χ1v) is 7.03. The highest BCUT2D eigenvalue weighted by Crippen LogP contribution is 2.25. The number of anilines is 1. The molecule has 3 unspecified atom stereocenters. The van der Waals surface area contributed by atoms with Gasteiger partial charge in [-0.25, -0.2) is 0 Å². The van der Waals surface area contributed by atoms with E-state index >= 15 is 0 Å². The number of fused-ring (bicyclic) bond motifs is 1. The Morgan fingerprint density at radius 2 is 2.21 bits per heavy atom. The Labute approximate surface area is 114 Å². The van der Waals surface area contributed by atoms with Gasteiger partial charge in [-0.15, -0.1) is 0 Å². The standard InChI is InChI=1S/C15H22N4/c1-10-9-19(3)11(2)6-14(10)17-13-5-4-12-8-16-18-15(12)7-13/h4-5,7-8,10-11,14,17H,6,9H2,1-3H3,(H,16,18). The topological polar surface area (TPSA) is 44.0 Å². The fourth-order valence-corrected chi connectivity index (χ4v) is 2.98. The van der Waals surface area contributed by atoms with Crippen LogP contribution >= 0.6 is 0 Å². The van der Waals surface area contributed by atoms with Crippen molar-refractivity contribution < 1.29 is 0 Å². The van der Waals surface area contributed by atoms with Gasteiger partial charge in [0.1, 0.15) is 0 Å². The minimum atomic E-state index is 0.548. The molecule has 2 N–H and O–H groups in total. The third-order valence-corrected chi connectivity index (χ3v) is 4.40. The largest absolute Gasteiger partial charge is 0.382 e. The Hall–Kier alpha value is -1.55. The maximum atomic E-state index is 4.07. The van der Waals surface area contributed by atoms with E-state index in [2.05, 4.69) is 59.5 Å². The highest BCUT2D eigenvalue weighted by molar-refractivity contribution is 5.81. The average Bonchev–Trinajstić information content (AvgIpc) is 2.83. The van der Waals surface area contributed by atoms with E-state index in [-0.39, 0.29) is 0 Å². The Morgan fingerprint density at radius 1 is 1.37 bits per heavy atom. The van der Waals surface area contributed by atoms with Gasteiger partial charge in [0.2, 0.25) is 0 Å². The molecule has 0 bridgehead atoms. The Balaban J connectivity index is 1.76. The van der Waals surface area contributed by atoms with Crippen molar-refractivity contribution in [2.75, 3.05) is 18.9 Å². The van der Waals surface area contributed by atoms with Crippen molar-refractivity contribution in [2.24, 2.45) is 5.92 Å². The van der Waals surface area contributed by atoms with Gasteiger partial charge in [-0.1, -0.05) is 6.92 Å². The molecule has 2 aromatic rings. The number of aromatic nitrogens is 2.